The summed E-state index contributed by atoms with van der Waals surface area (Å²) in [6.45, 7) is 10.3. The van der Waals surface area contributed by atoms with Gasteiger partial charge in [-0.05, 0) is 58.5 Å². The van der Waals surface area contributed by atoms with Gasteiger partial charge in [0, 0.05) is 10.4 Å². The van der Waals surface area contributed by atoms with Crippen LogP contribution in [0.2, 0.25) is 4.34 Å². The van der Waals surface area contributed by atoms with Crippen LogP contribution < -0.4 is 5.32 Å². The molecule has 1 aromatic heterocycles. The average Bonchev–Trinajstić information content (AvgIpc) is 2.83. The molecule has 0 radical (unpaired) electrons. The summed E-state index contributed by atoms with van der Waals surface area (Å²) in [5, 5.41) is 3.66. The first-order valence-corrected chi connectivity index (χ1v) is 8.49. The zero-order valence-electron chi connectivity index (χ0n) is 12.2. The Bertz CT molecular complexity index is 397. The molecule has 2 heterocycles. The third-order valence-corrected chi connectivity index (χ3v) is 5.46. The second-order valence-electron chi connectivity index (χ2n) is 5.83. The molecule has 1 fully saturated rings. The largest absolute Gasteiger partial charge is 0.308 e. The van der Waals surface area contributed by atoms with Crippen molar-refractivity contribution in [2.45, 2.75) is 51.6 Å². The van der Waals surface area contributed by atoms with Crippen LogP contribution in [0.4, 0.5) is 0 Å². The van der Waals surface area contributed by atoms with Gasteiger partial charge in [0.25, 0.3) is 0 Å². The SMILES string of the molecule is CCNC(c1ccc(Cl)s1)C(C)(C)N1CCCCC1. The van der Waals surface area contributed by atoms with E-state index < -0.39 is 0 Å². The highest BCUT2D eigenvalue weighted by molar-refractivity contribution is 7.16. The maximum absolute atomic E-state index is 6.12. The van der Waals surface area contributed by atoms with Crippen LogP contribution in [-0.2, 0) is 0 Å². The Labute approximate surface area is 126 Å². The molecule has 0 saturated carbocycles. The molecule has 0 aromatic carbocycles. The van der Waals surface area contributed by atoms with Crippen molar-refractivity contribution in [1.29, 1.82) is 0 Å². The molecule has 1 aromatic rings. The quantitative estimate of drug-likeness (QED) is 0.871. The highest BCUT2D eigenvalue weighted by Crippen LogP contribution is 2.37. The maximum atomic E-state index is 6.12. The van der Waals surface area contributed by atoms with Crippen molar-refractivity contribution >= 4 is 22.9 Å². The summed E-state index contributed by atoms with van der Waals surface area (Å²) in [6.07, 6.45) is 4.03. The normalized spacial score (nSPS) is 19.6. The Morgan fingerprint density at radius 3 is 2.53 bits per heavy atom. The first-order valence-electron chi connectivity index (χ1n) is 7.29. The van der Waals surface area contributed by atoms with Gasteiger partial charge in [0.05, 0.1) is 10.4 Å². The van der Waals surface area contributed by atoms with E-state index in [1.165, 1.54) is 37.2 Å². The van der Waals surface area contributed by atoms with E-state index in [1.54, 1.807) is 11.3 Å². The number of likely N-dealkylation sites (tertiary alicyclic amines) is 1. The Hall–Kier alpha value is -0.0900. The molecule has 0 spiro atoms. The van der Waals surface area contributed by atoms with Crippen LogP contribution in [-0.4, -0.2) is 30.1 Å². The van der Waals surface area contributed by atoms with Gasteiger partial charge in [-0.25, -0.2) is 0 Å². The highest BCUT2D eigenvalue weighted by Gasteiger charge is 2.37. The van der Waals surface area contributed by atoms with Crippen LogP contribution >= 0.6 is 22.9 Å². The minimum Gasteiger partial charge on any atom is -0.308 e. The molecule has 1 unspecified atom stereocenters. The lowest BCUT2D eigenvalue weighted by Gasteiger charge is -2.46. The zero-order valence-corrected chi connectivity index (χ0v) is 13.8. The Morgan fingerprint density at radius 1 is 1.32 bits per heavy atom. The summed E-state index contributed by atoms with van der Waals surface area (Å²) in [6, 6.07) is 4.54. The molecule has 1 atom stereocenters. The van der Waals surface area contributed by atoms with Crippen LogP contribution in [0.1, 0.15) is 51.0 Å². The lowest BCUT2D eigenvalue weighted by molar-refractivity contribution is 0.0624. The summed E-state index contributed by atoms with van der Waals surface area (Å²) in [5.74, 6) is 0. The molecule has 0 aliphatic carbocycles. The number of piperidine rings is 1. The topological polar surface area (TPSA) is 15.3 Å². The number of likely N-dealkylation sites (N-methyl/N-ethyl adjacent to an activating group) is 1. The molecular formula is C15H25ClN2S. The summed E-state index contributed by atoms with van der Waals surface area (Å²) >= 11 is 7.82. The molecule has 4 heteroatoms. The van der Waals surface area contributed by atoms with Gasteiger partial charge in [-0.2, -0.15) is 0 Å². The van der Waals surface area contributed by atoms with Crippen LogP contribution in [0.3, 0.4) is 0 Å². The monoisotopic (exact) mass is 300 g/mol. The molecule has 108 valence electrons. The summed E-state index contributed by atoms with van der Waals surface area (Å²) in [7, 11) is 0. The summed E-state index contributed by atoms with van der Waals surface area (Å²) in [5.41, 5.74) is 0.130. The van der Waals surface area contributed by atoms with E-state index in [0.717, 1.165) is 10.9 Å². The molecule has 1 aliphatic heterocycles. The summed E-state index contributed by atoms with van der Waals surface area (Å²) in [4.78, 5) is 3.99. The van der Waals surface area contributed by atoms with Crippen molar-refractivity contribution in [3.05, 3.63) is 21.3 Å². The average molecular weight is 301 g/mol. The molecule has 19 heavy (non-hydrogen) atoms. The number of halogens is 1. The molecule has 1 N–H and O–H groups in total. The van der Waals surface area contributed by atoms with E-state index in [-0.39, 0.29) is 5.54 Å². The van der Waals surface area contributed by atoms with Crippen molar-refractivity contribution in [3.63, 3.8) is 0 Å². The fourth-order valence-corrected chi connectivity index (χ4v) is 4.36. The third-order valence-electron chi connectivity index (χ3n) is 4.16. The van der Waals surface area contributed by atoms with E-state index in [1.807, 2.05) is 6.07 Å². The van der Waals surface area contributed by atoms with Gasteiger partial charge in [0.1, 0.15) is 0 Å². The van der Waals surface area contributed by atoms with E-state index in [0.29, 0.717) is 6.04 Å². The van der Waals surface area contributed by atoms with E-state index in [9.17, 15) is 0 Å². The predicted octanol–water partition coefficient (Wildman–Crippen LogP) is 4.32. The zero-order chi connectivity index (χ0) is 13.9. The van der Waals surface area contributed by atoms with Crippen molar-refractivity contribution in [3.8, 4) is 0 Å². The summed E-state index contributed by atoms with van der Waals surface area (Å²) < 4.78 is 0.882. The lowest BCUT2D eigenvalue weighted by atomic mass is 9.89. The molecule has 2 nitrogen and oxygen atoms in total. The first-order chi connectivity index (χ1) is 9.05. The maximum Gasteiger partial charge on any atom is 0.0931 e. The Kier molecular flexibility index (Phi) is 5.29. The van der Waals surface area contributed by atoms with Crippen molar-refractivity contribution in [2.24, 2.45) is 0 Å². The van der Waals surface area contributed by atoms with Gasteiger partial charge in [-0.15, -0.1) is 11.3 Å². The molecular weight excluding hydrogens is 276 g/mol. The van der Waals surface area contributed by atoms with Gasteiger partial charge >= 0.3 is 0 Å². The smallest absolute Gasteiger partial charge is 0.0931 e. The first kappa shape index (κ1) is 15.3. The van der Waals surface area contributed by atoms with Crippen LogP contribution in [0.25, 0.3) is 0 Å². The second-order valence-corrected chi connectivity index (χ2v) is 7.58. The minimum atomic E-state index is 0.130. The molecule has 2 rings (SSSR count). The van der Waals surface area contributed by atoms with Crippen molar-refractivity contribution in [1.82, 2.24) is 10.2 Å². The number of hydrogen-bond acceptors (Lipinski definition) is 3. The van der Waals surface area contributed by atoms with Gasteiger partial charge < -0.3 is 5.32 Å². The molecule has 1 saturated heterocycles. The second kappa shape index (κ2) is 6.57. The minimum absolute atomic E-state index is 0.130. The van der Waals surface area contributed by atoms with Crippen LogP contribution in [0.5, 0.6) is 0 Å². The van der Waals surface area contributed by atoms with Gasteiger partial charge in [0.2, 0.25) is 0 Å². The highest BCUT2D eigenvalue weighted by atomic mass is 35.5. The van der Waals surface area contributed by atoms with E-state index in [4.69, 9.17) is 11.6 Å². The van der Waals surface area contributed by atoms with E-state index in [2.05, 4.69) is 37.1 Å². The lowest BCUT2D eigenvalue weighted by Crippen LogP contribution is -2.54. The van der Waals surface area contributed by atoms with Crippen molar-refractivity contribution in [2.75, 3.05) is 19.6 Å². The predicted molar refractivity (Wildman–Crippen MR) is 85.2 cm³/mol. The number of nitrogens with one attached hydrogen (secondary N) is 1. The van der Waals surface area contributed by atoms with Gasteiger partial charge in [-0.3, -0.25) is 4.90 Å². The number of thiophene rings is 1. The van der Waals surface area contributed by atoms with Crippen LogP contribution in [0.15, 0.2) is 12.1 Å². The molecule has 1 aliphatic rings. The fraction of sp³-hybridized carbons (Fsp3) is 0.733. The Balaban J connectivity index is 2.20. The standard InChI is InChI=1S/C15H25ClN2S/c1-4-17-14(12-8-9-13(16)19-12)15(2,3)18-10-6-5-7-11-18/h8-9,14,17H,4-7,10-11H2,1-3H3. The molecule has 0 amide bonds. The number of rotatable bonds is 5. The number of nitrogens with zero attached hydrogens (tertiary/aromatic N) is 1. The fourth-order valence-electron chi connectivity index (χ4n) is 3.04. The number of hydrogen-bond donors (Lipinski definition) is 1. The van der Waals surface area contributed by atoms with Crippen molar-refractivity contribution < 1.29 is 0 Å². The van der Waals surface area contributed by atoms with Crippen LogP contribution in [0, 0.1) is 0 Å². The van der Waals surface area contributed by atoms with Gasteiger partial charge in [-0.1, -0.05) is 24.9 Å². The van der Waals surface area contributed by atoms with E-state index >= 15 is 0 Å². The third kappa shape index (κ3) is 3.52. The van der Waals surface area contributed by atoms with Gasteiger partial charge in [0.15, 0.2) is 0 Å². The Morgan fingerprint density at radius 2 is 2.00 bits per heavy atom. The molecule has 0 bridgehead atoms.